The molecule has 2 aliphatic rings. The molecule has 4 heterocycles. The highest BCUT2D eigenvalue weighted by Gasteiger charge is 2.33. The minimum absolute atomic E-state index is 0.151. The zero-order valence-corrected chi connectivity index (χ0v) is 17.6. The van der Waals surface area contributed by atoms with Crippen LogP contribution in [-0.4, -0.2) is 38.2 Å². The number of fused-ring (bicyclic) bond motifs is 1. The Bertz CT molecular complexity index is 1310. The van der Waals surface area contributed by atoms with Crippen LogP contribution in [0.5, 0.6) is 0 Å². The van der Waals surface area contributed by atoms with E-state index in [0.717, 1.165) is 27.8 Å². The van der Waals surface area contributed by atoms with Crippen LogP contribution in [0.3, 0.4) is 0 Å². The molecule has 2 aliphatic heterocycles. The molecule has 1 atom stereocenters. The summed E-state index contributed by atoms with van der Waals surface area (Å²) in [6.45, 7) is 5.00. The van der Waals surface area contributed by atoms with Crippen LogP contribution in [0.25, 0.3) is 5.82 Å². The van der Waals surface area contributed by atoms with Gasteiger partial charge in [0.15, 0.2) is 5.82 Å². The van der Waals surface area contributed by atoms with Crippen molar-refractivity contribution in [1.29, 1.82) is 5.26 Å². The number of amides is 2. The lowest BCUT2D eigenvalue weighted by Crippen LogP contribution is -2.27. The molecule has 2 aromatic heterocycles. The number of ether oxygens (including phenoxy) is 1. The van der Waals surface area contributed by atoms with Gasteiger partial charge in [-0.15, -0.1) is 0 Å². The highest BCUT2D eigenvalue weighted by Crippen LogP contribution is 2.31. The SMILES string of the molecule is Cc1cc(-n2cc(CN3C[C@@H](c4ccc5c(c4C)COC5=O)NC3=O)cn2)ncc1C#N. The number of hydrogen-bond donors (Lipinski definition) is 1. The van der Waals surface area contributed by atoms with E-state index in [1.807, 2.05) is 26.1 Å². The minimum atomic E-state index is -0.296. The van der Waals surface area contributed by atoms with E-state index in [0.29, 0.717) is 30.0 Å². The van der Waals surface area contributed by atoms with Crippen molar-refractivity contribution >= 4 is 12.0 Å². The number of cyclic esters (lactones) is 1. The molecule has 160 valence electrons. The number of carbonyl (C=O) groups is 2. The smallest absolute Gasteiger partial charge is 0.338 e. The van der Waals surface area contributed by atoms with Crippen molar-refractivity contribution in [2.24, 2.45) is 0 Å². The molecule has 1 saturated heterocycles. The van der Waals surface area contributed by atoms with E-state index < -0.39 is 0 Å². The number of pyridine rings is 1. The Kier molecular flexibility index (Phi) is 4.63. The number of aromatic nitrogens is 3. The zero-order valence-electron chi connectivity index (χ0n) is 17.6. The number of nitriles is 1. The van der Waals surface area contributed by atoms with E-state index in [4.69, 9.17) is 10.00 Å². The van der Waals surface area contributed by atoms with Gasteiger partial charge < -0.3 is 15.0 Å². The quantitative estimate of drug-likeness (QED) is 0.639. The van der Waals surface area contributed by atoms with Gasteiger partial charge in [-0.1, -0.05) is 6.07 Å². The number of carbonyl (C=O) groups excluding carboxylic acids is 2. The number of rotatable bonds is 4. The van der Waals surface area contributed by atoms with Crippen molar-refractivity contribution < 1.29 is 14.3 Å². The standard InChI is InChI=1S/C23H20N6O3/c1-13-5-21(25-8-16(13)6-24)29-10-15(7-26-29)9-28-11-20(27-23(28)31)17-3-4-18-19(14(17)2)12-32-22(18)30/h3-5,7-8,10,20H,9,11-12H2,1-2H3,(H,27,31)/t20-/m0/s1. The number of benzene rings is 1. The molecule has 1 fully saturated rings. The Balaban J connectivity index is 1.32. The summed E-state index contributed by atoms with van der Waals surface area (Å²) in [6.07, 6.45) is 5.07. The summed E-state index contributed by atoms with van der Waals surface area (Å²) in [5.74, 6) is 0.317. The average Bonchev–Trinajstić information content (AvgIpc) is 3.49. The van der Waals surface area contributed by atoms with Crippen molar-refractivity contribution in [3.63, 3.8) is 0 Å². The fourth-order valence-corrected chi connectivity index (χ4v) is 4.22. The van der Waals surface area contributed by atoms with Crippen molar-refractivity contribution in [2.75, 3.05) is 6.54 Å². The van der Waals surface area contributed by atoms with Crippen LogP contribution in [-0.2, 0) is 17.9 Å². The van der Waals surface area contributed by atoms with Crippen LogP contribution < -0.4 is 5.32 Å². The second-order valence-corrected chi connectivity index (χ2v) is 8.03. The van der Waals surface area contributed by atoms with E-state index in [-0.39, 0.29) is 24.6 Å². The maximum Gasteiger partial charge on any atom is 0.338 e. The van der Waals surface area contributed by atoms with Crippen molar-refractivity contribution in [2.45, 2.75) is 33.0 Å². The first kappa shape index (κ1) is 19.8. The van der Waals surface area contributed by atoms with E-state index in [9.17, 15) is 9.59 Å². The molecule has 9 nitrogen and oxygen atoms in total. The van der Waals surface area contributed by atoms with Gasteiger partial charge >= 0.3 is 12.0 Å². The number of nitrogens with zero attached hydrogens (tertiary/aromatic N) is 5. The molecule has 0 spiro atoms. The third-order valence-corrected chi connectivity index (χ3v) is 6.03. The molecule has 0 radical (unpaired) electrons. The summed E-state index contributed by atoms with van der Waals surface area (Å²) in [5, 5.41) is 16.5. The number of nitrogens with one attached hydrogen (secondary N) is 1. The summed E-state index contributed by atoms with van der Waals surface area (Å²) < 4.78 is 6.77. The second-order valence-electron chi connectivity index (χ2n) is 8.03. The summed E-state index contributed by atoms with van der Waals surface area (Å²) in [6, 6.07) is 7.26. The normalized spacial score (nSPS) is 17.2. The van der Waals surface area contributed by atoms with Crippen molar-refractivity contribution in [3.8, 4) is 11.9 Å². The van der Waals surface area contributed by atoms with Gasteiger partial charge in [-0.2, -0.15) is 10.4 Å². The molecular weight excluding hydrogens is 408 g/mol. The van der Waals surface area contributed by atoms with E-state index in [1.165, 1.54) is 6.20 Å². The first-order valence-corrected chi connectivity index (χ1v) is 10.2. The molecule has 9 heteroatoms. The monoisotopic (exact) mass is 428 g/mol. The molecule has 0 saturated carbocycles. The van der Waals surface area contributed by atoms with Gasteiger partial charge in [0, 0.05) is 30.1 Å². The van der Waals surface area contributed by atoms with Crippen molar-refractivity contribution in [1.82, 2.24) is 25.0 Å². The summed E-state index contributed by atoms with van der Waals surface area (Å²) in [4.78, 5) is 30.4. The van der Waals surface area contributed by atoms with Gasteiger partial charge in [0.1, 0.15) is 12.7 Å². The van der Waals surface area contributed by atoms with Gasteiger partial charge in [0.25, 0.3) is 0 Å². The van der Waals surface area contributed by atoms with Crippen LogP contribution in [0.2, 0.25) is 0 Å². The molecule has 1 aromatic carbocycles. The minimum Gasteiger partial charge on any atom is -0.457 e. The fraction of sp³-hybridized carbons (Fsp3) is 0.261. The molecule has 1 N–H and O–H groups in total. The average molecular weight is 428 g/mol. The second kappa shape index (κ2) is 7.50. The Morgan fingerprint density at radius 2 is 2.12 bits per heavy atom. The maximum atomic E-state index is 12.6. The highest BCUT2D eigenvalue weighted by molar-refractivity contribution is 5.94. The first-order chi connectivity index (χ1) is 15.4. The van der Waals surface area contributed by atoms with Crippen LogP contribution in [0.4, 0.5) is 4.79 Å². The Labute approximate surface area is 184 Å². The predicted octanol–water partition coefficient (Wildman–Crippen LogP) is 2.69. The predicted molar refractivity (Wildman–Crippen MR) is 113 cm³/mol. The van der Waals surface area contributed by atoms with Gasteiger partial charge in [0.05, 0.1) is 29.9 Å². The van der Waals surface area contributed by atoms with Gasteiger partial charge in [-0.25, -0.2) is 19.3 Å². The third kappa shape index (κ3) is 3.26. The molecule has 0 aliphatic carbocycles. The van der Waals surface area contributed by atoms with Crippen molar-refractivity contribution in [3.05, 3.63) is 75.7 Å². The molecule has 5 rings (SSSR count). The Hall–Kier alpha value is -4.19. The zero-order chi connectivity index (χ0) is 22.4. The number of aryl methyl sites for hydroxylation is 1. The summed E-state index contributed by atoms with van der Waals surface area (Å²) in [5.41, 5.74) is 5.70. The molecule has 2 amide bonds. The molecule has 32 heavy (non-hydrogen) atoms. The molecule has 0 bridgehead atoms. The van der Waals surface area contributed by atoms with Gasteiger partial charge in [0.2, 0.25) is 0 Å². The topological polar surface area (TPSA) is 113 Å². The molecule has 3 aromatic rings. The van der Waals surface area contributed by atoms with E-state index >= 15 is 0 Å². The summed E-state index contributed by atoms with van der Waals surface area (Å²) >= 11 is 0. The summed E-state index contributed by atoms with van der Waals surface area (Å²) in [7, 11) is 0. The van der Waals surface area contributed by atoms with Crippen LogP contribution in [0, 0.1) is 25.2 Å². The number of hydrogen-bond acceptors (Lipinski definition) is 6. The van der Waals surface area contributed by atoms with E-state index in [1.54, 1.807) is 27.9 Å². The third-order valence-electron chi connectivity index (χ3n) is 6.03. The Morgan fingerprint density at radius 3 is 2.91 bits per heavy atom. The maximum absolute atomic E-state index is 12.6. The van der Waals surface area contributed by atoms with Gasteiger partial charge in [-0.05, 0) is 42.7 Å². The lowest BCUT2D eigenvalue weighted by molar-refractivity contribution is 0.0535. The number of esters is 1. The largest absolute Gasteiger partial charge is 0.457 e. The lowest BCUT2D eigenvalue weighted by atomic mass is 9.94. The van der Waals surface area contributed by atoms with E-state index in [2.05, 4.69) is 21.5 Å². The first-order valence-electron chi connectivity index (χ1n) is 10.2. The molecule has 0 unspecified atom stereocenters. The highest BCUT2D eigenvalue weighted by atomic mass is 16.5. The Morgan fingerprint density at radius 1 is 1.28 bits per heavy atom. The van der Waals surface area contributed by atoms with Crippen LogP contribution >= 0.6 is 0 Å². The fourth-order valence-electron chi connectivity index (χ4n) is 4.22. The lowest BCUT2D eigenvalue weighted by Gasteiger charge is -2.16. The number of urea groups is 1. The molecular formula is C23H20N6O3. The van der Waals surface area contributed by atoms with Crippen LogP contribution in [0.1, 0.15) is 49.8 Å². The van der Waals surface area contributed by atoms with Crippen LogP contribution in [0.15, 0.2) is 36.8 Å². The van der Waals surface area contributed by atoms with Gasteiger partial charge in [-0.3, -0.25) is 0 Å².